The third-order valence-electron chi connectivity index (χ3n) is 5.15. The molecule has 4 rings (SSSR count). The number of fused-ring (bicyclic) bond motifs is 1. The predicted molar refractivity (Wildman–Crippen MR) is 131 cm³/mol. The van der Waals surface area contributed by atoms with Crippen molar-refractivity contribution in [3.8, 4) is 23.1 Å². The zero-order valence-electron chi connectivity index (χ0n) is 19.3. The molecule has 0 aliphatic rings. The van der Waals surface area contributed by atoms with E-state index in [0.29, 0.717) is 40.9 Å². The van der Waals surface area contributed by atoms with E-state index in [0.717, 1.165) is 10.9 Å². The molecule has 0 saturated carbocycles. The Morgan fingerprint density at radius 3 is 2.41 bits per heavy atom. The lowest BCUT2D eigenvalue weighted by Gasteiger charge is -2.16. The summed E-state index contributed by atoms with van der Waals surface area (Å²) in [6.07, 6.45) is 3.22. The van der Waals surface area contributed by atoms with Crippen LogP contribution in [0.4, 0.5) is 5.69 Å². The summed E-state index contributed by atoms with van der Waals surface area (Å²) in [7, 11) is 5.07. The molecule has 2 aromatic heterocycles. The largest absolute Gasteiger partial charge is 0.493 e. The van der Waals surface area contributed by atoms with Gasteiger partial charge in [0, 0.05) is 30.3 Å². The summed E-state index contributed by atoms with van der Waals surface area (Å²) in [4.78, 5) is 23.1. The maximum Gasteiger partial charge on any atom is 0.238 e. The highest BCUT2D eigenvalue weighted by Crippen LogP contribution is 2.36. The van der Waals surface area contributed by atoms with Crippen LogP contribution in [0.25, 0.3) is 10.9 Å². The third-order valence-corrected chi connectivity index (χ3v) is 5.15. The Labute approximate surface area is 198 Å². The van der Waals surface area contributed by atoms with Crippen molar-refractivity contribution < 1.29 is 19.0 Å². The van der Waals surface area contributed by atoms with Gasteiger partial charge in [-0.3, -0.25) is 14.7 Å². The maximum absolute atomic E-state index is 12.4. The van der Waals surface area contributed by atoms with Gasteiger partial charge in [0.15, 0.2) is 11.5 Å². The van der Waals surface area contributed by atoms with Crippen molar-refractivity contribution in [1.29, 1.82) is 0 Å². The molecule has 0 atom stereocenters. The van der Waals surface area contributed by atoms with Crippen LogP contribution in [0.15, 0.2) is 73.1 Å². The second kappa shape index (κ2) is 10.6. The molecule has 0 radical (unpaired) electrons. The van der Waals surface area contributed by atoms with Crippen molar-refractivity contribution in [2.45, 2.75) is 6.54 Å². The molecular weight excluding hydrogens is 432 g/mol. The minimum Gasteiger partial charge on any atom is -0.493 e. The lowest BCUT2D eigenvalue weighted by atomic mass is 10.2. The normalized spacial score (nSPS) is 10.8. The average molecular weight is 459 g/mol. The van der Waals surface area contributed by atoms with Gasteiger partial charge in [-0.2, -0.15) is 0 Å². The van der Waals surface area contributed by atoms with E-state index in [2.05, 4.69) is 15.3 Å². The number of methoxy groups -OCH3 is 2. The van der Waals surface area contributed by atoms with Crippen LogP contribution in [0.2, 0.25) is 0 Å². The molecule has 2 aromatic carbocycles. The molecule has 0 fully saturated rings. The number of anilines is 1. The molecule has 174 valence electrons. The van der Waals surface area contributed by atoms with E-state index in [1.807, 2.05) is 48.3 Å². The van der Waals surface area contributed by atoms with Gasteiger partial charge in [-0.1, -0.05) is 30.3 Å². The van der Waals surface area contributed by atoms with E-state index in [-0.39, 0.29) is 12.5 Å². The van der Waals surface area contributed by atoms with Gasteiger partial charge in [-0.15, -0.1) is 0 Å². The van der Waals surface area contributed by atoms with E-state index in [9.17, 15) is 4.79 Å². The number of benzene rings is 2. The Hall–Kier alpha value is -4.17. The van der Waals surface area contributed by atoms with Crippen LogP contribution in [0.3, 0.4) is 0 Å². The van der Waals surface area contributed by atoms with Gasteiger partial charge in [0.1, 0.15) is 5.75 Å². The van der Waals surface area contributed by atoms with Crippen LogP contribution in [0.1, 0.15) is 5.56 Å². The third kappa shape index (κ3) is 5.60. The van der Waals surface area contributed by atoms with Crippen LogP contribution < -0.4 is 19.5 Å². The smallest absolute Gasteiger partial charge is 0.238 e. The fraction of sp³-hybridized carbons (Fsp3) is 0.192. The van der Waals surface area contributed by atoms with E-state index in [4.69, 9.17) is 14.2 Å². The van der Waals surface area contributed by atoms with Crippen LogP contribution >= 0.6 is 0 Å². The number of pyridine rings is 2. The van der Waals surface area contributed by atoms with Crippen LogP contribution in [-0.2, 0) is 11.3 Å². The number of aromatic nitrogens is 2. The molecule has 0 aliphatic carbocycles. The van der Waals surface area contributed by atoms with Gasteiger partial charge in [0.25, 0.3) is 0 Å². The van der Waals surface area contributed by atoms with Crippen molar-refractivity contribution in [3.05, 3.63) is 78.6 Å². The van der Waals surface area contributed by atoms with Gasteiger partial charge < -0.3 is 19.5 Å². The van der Waals surface area contributed by atoms with Crippen molar-refractivity contribution in [1.82, 2.24) is 14.9 Å². The summed E-state index contributed by atoms with van der Waals surface area (Å²) in [6.45, 7) is 0.956. The van der Waals surface area contributed by atoms with Gasteiger partial charge in [-0.25, -0.2) is 4.98 Å². The molecule has 8 nitrogen and oxygen atoms in total. The zero-order chi connectivity index (χ0) is 23.9. The molecule has 4 aromatic rings. The monoisotopic (exact) mass is 458 g/mol. The van der Waals surface area contributed by atoms with Crippen molar-refractivity contribution in [2.24, 2.45) is 0 Å². The van der Waals surface area contributed by atoms with Crippen LogP contribution in [0.5, 0.6) is 23.1 Å². The van der Waals surface area contributed by atoms with Crippen molar-refractivity contribution >= 4 is 22.5 Å². The van der Waals surface area contributed by atoms with E-state index >= 15 is 0 Å². The van der Waals surface area contributed by atoms with E-state index in [1.165, 1.54) is 0 Å². The Morgan fingerprint density at radius 2 is 1.71 bits per heavy atom. The zero-order valence-corrected chi connectivity index (χ0v) is 19.3. The van der Waals surface area contributed by atoms with Crippen LogP contribution in [-0.4, -0.2) is 48.6 Å². The van der Waals surface area contributed by atoms with Gasteiger partial charge in [0.05, 0.1) is 38.2 Å². The first-order valence-corrected chi connectivity index (χ1v) is 10.7. The highest BCUT2D eigenvalue weighted by Gasteiger charge is 2.12. The number of carbonyl (C=O) groups excluding carboxylic acids is 1. The molecule has 34 heavy (non-hydrogen) atoms. The molecule has 0 aliphatic heterocycles. The summed E-state index contributed by atoms with van der Waals surface area (Å²) in [6, 6.07) is 18.8. The first kappa shape index (κ1) is 23.0. The maximum atomic E-state index is 12.4. The molecule has 8 heteroatoms. The van der Waals surface area contributed by atoms with Crippen LogP contribution in [0, 0.1) is 0 Å². The lowest BCUT2D eigenvalue weighted by Crippen LogP contribution is -2.29. The average Bonchev–Trinajstić information content (AvgIpc) is 2.85. The molecule has 0 bridgehead atoms. The summed E-state index contributed by atoms with van der Waals surface area (Å²) in [5, 5.41) is 3.63. The Kier molecular flexibility index (Phi) is 7.19. The summed E-state index contributed by atoms with van der Waals surface area (Å²) in [5.74, 6) is 2.03. The number of nitrogens with one attached hydrogen (secondary N) is 1. The fourth-order valence-electron chi connectivity index (χ4n) is 3.56. The molecular formula is C26H26N4O4. The first-order chi connectivity index (χ1) is 16.6. The topological polar surface area (TPSA) is 85.8 Å². The Bertz CT molecular complexity index is 1260. The number of hydrogen-bond donors (Lipinski definition) is 1. The number of amides is 1. The number of rotatable bonds is 9. The second-order valence-electron chi connectivity index (χ2n) is 7.73. The fourth-order valence-corrected chi connectivity index (χ4v) is 3.56. The lowest BCUT2D eigenvalue weighted by molar-refractivity contribution is -0.117. The Morgan fingerprint density at radius 1 is 0.941 bits per heavy atom. The molecule has 0 spiro atoms. The number of ether oxygens (including phenoxy) is 3. The molecule has 2 heterocycles. The summed E-state index contributed by atoms with van der Waals surface area (Å²) < 4.78 is 16.7. The Balaban J connectivity index is 1.40. The summed E-state index contributed by atoms with van der Waals surface area (Å²) in [5.41, 5.74) is 2.45. The molecule has 0 saturated heterocycles. The highest BCUT2D eigenvalue weighted by molar-refractivity contribution is 5.92. The van der Waals surface area contributed by atoms with Crippen molar-refractivity contribution in [2.75, 3.05) is 33.1 Å². The molecule has 1 N–H and O–H groups in total. The predicted octanol–water partition coefficient (Wildman–Crippen LogP) is 4.51. The highest BCUT2D eigenvalue weighted by atomic mass is 16.5. The summed E-state index contributed by atoms with van der Waals surface area (Å²) >= 11 is 0. The van der Waals surface area contributed by atoms with Crippen molar-refractivity contribution in [3.63, 3.8) is 0 Å². The SMILES string of the molecule is COc1cc2nccc(Oc3ccc(NC(=O)CN(C)Cc4ccccc4)cn3)c2cc1OC. The quantitative estimate of drug-likeness (QED) is 0.395. The molecule has 0 unspecified atom stereocenters. The number of likely N-dealkylation sites (N-methyl/N-ethyl adjacent to an activating group) is 1. The molecule has 1 amide bonds. The number of carbonyl (C=O) groups is 1. The second-order valence-corrected chi connectivity index (χ2v) is 7.73. The standard InChI is InChI=1S/C26H26N4O4/c1-30(16-18-7-5-4-6-8-18)17-25(31)29-19-9-10-26(28-15-19)34-22-11-12-27-21-14-24(33-3)23(32-2)13-20(21)22/h4-15H,16-17H2,1-3H3,(H,29,31). The van der Waals surface area contributed by atoms with Gasteiger partial charge in [-0.05, 0) is 30.8 Å². The van der Waals surface area contributed by atoms with Gasteiger partial charge >= 0.3 is 0 Å². The van der Waals surface area contributed by atoms with E-state index < -0.39 is 0 Å². The number of nitrogens with zero attached hydrogens (tertiary/aromatic N) is 3. The number of hydrogen-bond acceptors (Lipinski definition) is 7. The minimum atomic E-state index is -0.116. The van der Waals surface area contributed by atoms with Gasteiger partial charge in [0.2, 0.25) is 11.8 Å². The minimum absolute atomic E-state index is 0.116. The van der Waals surface area contributed by atoms with E-state index in [1.54, 1.807) is 50.9 Å². The first-order valence-electron chi connectivity index (χ1n) is 10.7.